The molecule has 1 heterocycles. The molecule has 29 heavy (non-hydrogen) atoms. The van der Waals surface area contributed by atoms with E-state index in [-0.39, 0.29) is 18.5 Å². The van der Waals surface area contributed by atoms with E-state index in [1.807, 2.05) is 39.0 Å². The van der Waals surface area contributed by atoms with Crippen molar-refractivity contribution in [3.63, 3.8) is 0 Å². The van der Waals surface area contributed by atoms with Crippen LogP contribution in [0.2, 0.25) is 0 Å². The van der Waals surface area contributed by atoms with Gasteiger partial charge in [0.15, 0.2) is 0 Å². The summed E-state index contributed by atoms with van der Waals surface area (Å²) in [5.41, 5.74) is 1.82. The first-order valence-corrected chi connectivity index (χ1v) is 9.43. The van der Waals surface area contributed by atoms with Gasteiger partial charge >= 0.3 is 6.09 Å². The number of halogens is 3. The molecular formula is C22H26ClF2NO3. The zero-order valence-electron chi connectivity index (χ0n) is 16.8. The topological polar surface area (TPSA) is 38.8 Å². The van der Waals surface area contributed by atoms with Crippen molar-refractivity contribution in [2.45, 2.75) is 45.6 Å². The molecule has 0 fully saturated rings. The number of ether oxygens (including phenoxy) is 2. The molecule has 4 nitrogen and oxygen atoms in total. The molecule has 0 saturated carbocycles. The van der Waals surface area contributed by atoms with E-state index in [2.05, 4.69) is 0 Å². The van der Waals surface area contributed by atoms with Crippen molar-refractivity contribution >= 4 is 24.2 Å². The maximum Gasteiger partial charge on any atom is 0.414 e. The van der Waals surface area contributed by atoms with Crippen LogP contribution in [0.1, 0.15) is 38.3 Å². The zero-order valence-corrected chi connectivity index (χ0v) is 17.7. The third-order valence-corrected chi connectivity index (χ3v) is 4.43. The minimum Gasteiger partial charge on any atom is -0.494 e. The molecule has 1 aliphatic rings. The lowest BCUT2D eigenvalue weighted by Gasteiger charge is -2.24. The first-order valence-electron chi connectivity index (χ1n) is 9.43. The Kier molecular flexibility index (Phi) is 7.47. The smallest absolute Gasteiger partial charge is 0.414 e. The number of anilines is 1. The lowest BCUT2D eigenvalue weighted by Crippen LogP contribution is -2.35. The van der Waals surface area contributed by atoms with Gasteiger partial charge in [0.2, 0.25) is 0 Å². The standard InChI is InChI=1S/C22H25F2NO3.ClH/c1-22(2,3)28-21(26)25-11-10-16-13-18(8-9-20(16)25)27-12-4-5-15-6-7-17(23)14-19(15)24;/h6-9,13-14H,4-5,10-12H2,1-3H3;1H. The third-order valence-electron chi connectivity index (χ3n) is 4.43. The van der Waals surface area contributed by atoms with Crippen molar-refractivity contribution in [3.05, 3.63) is 59.2 Å². The zero-order chi connectivity index (χ0) is 20.3. The Hall–Kier alpha value is -2.34. The van der Waals surface area contributed by atoms with Gasteiger partial charge in [-0.1, -0.05) is 6.07 Å². The van der Waals surface area contributed by atoms with Crippen molar-refractivity contribution in [1.82, 2.24) is 0 Å². The van der Waals surface area contributed by atoms with E-state index >= 15 is 0 Å². The fourth-order valence-corrected chi connectivity index (χ4v) is 3.15. The Morgan fingerprint density at radius 3 is 2.59 bits per heavy atom. The van der Waals surface area contributed by atoms with E-state index in [0.29, 0.717) is 37.3 Å². The fourth-order valence-electron chi connectivity index (χ4n) is 3.15. The largest absolute Gasteiger partial charge is 0.494 e. The van der Waals surface area contributed by atoms with Crippen molar-refractivity contribution < 1.29 is 23.0 Å². The van der Waals surface area contributed by atoms with Crippen LogP contribution in [0.3, 0.4) is 0 Å². The lowest BCUT2D eigenvalue weighted by atomic mass is 10.1. The van der Waals surface area contributed by atoms with Gasteiger partial charge in [-0.05, 0) is 75.4 Å². The molecular weight excluding hydrogens is 400 g/mol. The first-order chi connectivity index (χ1) is 13.2. The Morgan fingerprint density at radius 2 is 1.90 bits per heavy atom. The van der Waals surface area contributed by atoms with Crippen LogP contribution in [-0.2, 0) is 17.6 Å². The molecule has 7 heteroatoms. The molecule has 0 radical (unpaired) electrons. The van der Waals surface area contributed by atoms with Gasteiger partial charge in [-0.2, -0.15) is 0 Å². The number of rotatable bonds is 5. The Balaban J connectivity index is 0.00000300. The van der Waals surface area contributed by atoms with Crippen LogP contribution >= 0.6 is 12.4 Å². The van der Waals surface area contributed by atoms with Crippen molar-refractivity contribution in [2.75, 3.05) is 18.1 Å². The highest BCUT2D eigenvalue weighted by Crippen LogP contribution is 2.32. The maximum absolute atomic E-state index is 13.6. The molecule has 0 N–H and O–H groups in total. The molecule has 2 aromatic rings. The summed E-state index contributed by atoms with van der Waals surface area (Å²) in [4.78, 5) is 14.0. The number of hydrogen-bond donors (Lipinski definition) is 0. The summed E-state index contributed by atoms with van der Waals surface area (Å²) < 4.78 is 37.8. The van der Waals surface area contributed by atoms with Crippen molar-refractivity contribution in [2.24, 2.45) is 0 Å². The normalized spacial score (nSPS) is 12.9. The van der Waals surface area contributed by atoms with Gasteiger partial charge in [-0.3, -0.25) is 4.90 Å². The molecule has 2 aromatic carbocycles. The minimum absolute atomic E-state index is 0. The van der Waals surface area contributed by atoms with Gasteiger partial charge in [0.25, 0.3) is 0 Å². The fraction of sp³-hybridized carbons (Fsp3) is 0.409. The number of carbonyl (C=O) groups excluding carboxylic acids is 1. The SMILES string of the molecule is CC(C)(C)OC(=O)N1CCc2cc(OCCCc3ccc(F)cc3F)ccc21.Cl. The van der Waals surface area contributed by atoms with Crippen LogP contribution in [0.4, 0.5) is 19.3 Å². The van der Waals surface area contributed by atoms with Gasteiger partial charge in [0.1, 0.15) is 23.0 Å². The van der Waals surface area contributed by atoms with Gasteiger partial charge in [-0.25, -0.2) is 13.6 Å². The Bertz CT molecular complexity index is 868. The van der Waals surface area contributed by atoms with Gasteiger partial charge in [0, 0.05) is 12.6 Å². The van der Waals surface area contributed by atoms with E-state index < -0.39 is 17.2 Å². The quantitative estimate of drug-likeness (QED) is 0.577. The van der Waals surface area contributed by atoms with E-state index in [0.717, 1.165) is 23.7 Å². The van der Waals surface area contributed by atoms with E-state index in [1.54, 1.807) is 4.90 Å². The van der Waals surface area contributed by atoms with Crippen molar-refractivity contribution in [3.8, 4) is 5.75 Å². The molecule has 1 amide bonds. The predicted octanol–water partition coefficient (Wildman–Crippen LogP) is 5.70. The van der Waals surface area contributed by atoms with Crippen LogP contribution in [-0.4, -0.2) is 24.8 Å². The van der Waals surface area contributed by atoms with Gasteiger partial charge in [-0.15, -0.1) is 12.4 Å². The number of aryl methyl sites for hydroxylation is 1. The molecule has 0 spiro atoms. The second-order valence-corrected chi connectivity index (χ2v) is 7.86. The van der Waals surface area contributed by atoms with E-state index in [4.69, 9.17) is 9.47 Å². The summed E-state index contributed by atoms with van der Waals surface area (Å²) in [6, 6.07) is 9.23. The first kappa shape index (κ1) is 22.9. The number of benzene rings is 2. The van der Waals surface area contributed by atoms with Crippen LogP contribution in [0.5, 0.6) is 5.75 Å². The molecule has 3 rings (SSSR count). The highest BCUT2D eigenvalue weighted by atomic mass is 35.5. The molecule has 0 aliphatic carbocycles. The molecule has 0 unspecified atom stereocenters. The second kappa shape index (κ2) is 9.44. The number of hydrogen-bond acceptors (Lipinski definition) is 3. The maximum atomic E-state index is 13.6. The number of amides is 1. The number of carbonyl (C=O) groups is 1. The molecule has 0 aromatic heterocycles. The Morgan fingerprint density at radius 1 is 1.14 bits per heavy atom. The van der Waals surface area contributed by atoms with E-state index in [9.17, 15) is 13.6 Å². The number of nitrogens with zero attached hydrogens (tertiary/aromatic N) is 1. The van der Waals surface area contributed by atoms with E-state index in [1.165, 1.54) is 12.1 Å². The highest BCUT2D eigenvalue weighted by Gasteiger charge is 2.29. The summed E-state index contributed by atoms with van der Waals surface area (Å²) in [5.74, 6) is -0.389. The summed E-state index contributed by atoms with van der Waals surface area (Å²) in [7, 11) is 0. The van der Waals surface area contributed by atoms with Gasteiger partial charge in [0.05, 0.1) is 12.3 Å². The highest BCUT2D eigenvalue weighted by molar-refractivity contribution is 5.90. The average Bonchev–Trinajstić information content (AvgIpc) is 3.02. The summed E-state index contributed by atoms with van der Waals surface area (Å²) in [6.07, 6.45) is 1.49. The molecule has 0 bridgehead atoms. The van der Waals surface area contributed by atoms with Crippen molar-refractivity contribution in [1.29, 1.82) is 0 Å². The average molecular weight is 426 g/mol. The summed E-state index contributed by atoms with van der Waals surface area (Å²) in [5, 5.41) is 0. The van der Waals surface area contributed by atoms with Crippen LogP contribution in [0.25, 0.3) is 0 Å². The number of fused-ring (bicyclic) bond motifs is 1. The molecule has 0 saturated heterocycles. The predicted molar refractivity (Wildman–Crippen MR) is 111 cm³/mol. The minimum atomic E-state index is -0.573. The Labute approximate surface area is 176 Å². The van der Waals surface area contributed by atoms with Gasteiger partial charge < -0.3 is 9.47 Å². The van der Waals surface area contributed by atoms with Crippen LogP contribution in [0, 0.1) is 11.6 Å². The monoisotopic (exact) mass is 425 g/mol. The van der Waals surface area contributed by atoms with Crippen LogP contribution in [0.15, 0.2) is 36.4 Å². The lowest BCUT2D eigenvalue weighted by molar-refractivity contribution is 0.0584. The second-order valence-electron chi connectivity index (χ2n) is 7.86. The molecule has 1 aliphatic heterocycles. The third kappa shape index (κ3) is 6.07. The van der Waals surface area contributed by atoms with Crippen LogP contribution < -0.4 is 9.64 Å². The summed E-state index contributed by atoms with van der Waals surface area (Å²) in [6.45, 7) is 6.53. The summed E-state index contributed by atoms with van der Waals surface area (Å²) >= 11 is 0. The molecule has 0 atom stereocenters. The molecule has 158 valence electrons.